The molecule has 6 aromatic rings. The number of nitrogens with zero attached hydrogens (tertiary/aromatic N) is 4. The van der Waals surface area contributed by atoms with E-state index in [-0.39, 0.29) is 11.7 Å². The van der Waals surface area contributed by atoms with Crippen molar-refractivity contribution in [1.29, 1.82) is 0 Å². The highest BCUT2D eigenvalue weighted by Gasteiger charge is 2.17. The van der Waals surface area contributed by atoms with Crippen LogP contribution in [-0.2, 0) is 6.54 Å². The van der Waals surface area contributed by atoms with Crippen LogP contribution < -0.4 is 5.32 Å². The lowest BCUT2D eigenvalue weighted by Gasteiger charge is -2.12. The van der Waals surface area contributed by atoms with Crippen molar-refractivity contribution in [2.24, 2.45) is 0 Å². The zero-order valence-corrected chi connectivity index (χ0v) is 17.4. The number of amides is 1. The van der Waals surface area contributed by atoms with E-state index in [1.807, 2.05) is 63.7 Å². The lowest BCUT2D eigenvalue weighted by molar-refractivity contribution is 0.101. The van der Waals surface area contributed by atoms with Gasteiger partial charge in [-0.3, -0.25) is 14.2 Å². The quantitative estimate of drug-likeness (QED) is 0.410. The number of hydrogen-bond acceptors (Lipinski definition) is 3. The van der Waals surface area contributed by atoms with Gasteiger partial charge in [0.25, 0.3) is 5.91 Å². The van der Waals surface area contributed by atoms with Gasteiger partial charge in [-0.15, -0.1) is 0 Å². The first kappa shape index (κ1) is 19.2. The highest BCUT2D eigenvalue weighted by molar-refractivity contribution is 6.06. The summed E-state index contributed by atoms with van der Waals surface area (Å²) in [6.07, 6.45) is 5.32. The first-order valence-corrected chi connectivity index (χ1v) is 10.5. The van der Waals surface area contributed by atoms with Gasteiger partial charge in [-0.1, -0.05) is 12.1 Å². The van der Waals surface area contributed by atoms with Crippen molar-refractivity contribution in [1.82, 2.24) is 18.9 Å². The summed E-state index contributed by atoms with van der Waals surface area (Å²) in [7, 11) is 0. The molecule has 2 aromatic carbocycles. The second kappa shape index (κ2) is 7.56. The van der Waals surface area contributed by atoms with Gasteiger partial charge in [0, 0.05) is 47.8 Å². The van der Waals surface area contributed by atoms with E-state index in [0.29, 0.717) is 23.3 Å². The molecule has 4 aromatic heterocycles. The normalized spacial score (nSPS) is 11.4. The molecule has 160 valence electrons. The molecular formula is C26H18FN5O. The van der Waals surface area contributed by atoms with E-state index >= 15 is 0 Å². The Morgan fingerprint density at radius 2 is 1.79 bits per heavy atom. The third-order valence-corrected chi connectivity index (χ3v) is 5.75. The summed E-state index contributed by atoms with van der Waals surface area (Å²) < 4.78 is 17.7. The minimum Gasteiger partial charge on any atom is -0.332 e. The Labute approximate surface area is 187 Å². The SMILES string of the molecule is O=C(Nc1ccn2c(c1)nc1ccccc12)c1cc2cc(F)ccc2n1Cc1ccncc1. The predicted molar refractivity (Wildman–Crippen MR) is 126 cm³/mol. The molecular weight excluding hydrogens is 417 g/mol. The van der Waals surface area contributed by atoms with Crippen LogP contribution in [0.1, 0.15) is 16.1 Å². The Hall–Kier alpha value is -4.52. The molecule has 7 heteroatoms. The molecule has 6 nitrogen and oxygen atoms in total. The summed E-state index contributed by atoms with van der Waals surface area (Å²) in [4.78, 5) is 22.0. The minimum atomic E-state index is -0.340. The maximum absolute atomic E-state index is 13.9. The molecule has 0 atom stereocenters. The molecule has 0 aliphatic carbocycles. The molecule has 6 rings (SSSR count). The number of anilines is 1. The van der Waals surface area contributed by atoms with Gasteiger partial charge in [0.1, 0.15) is 17.2 Å². The topological polar surface area (TPSA) is 64.2 Å². The summed E-state index contributed by atoms with van der Waals surface area (Å²) in [6.45, 7) is 0.463. The molecule has 1 N–H and O–H groups in total. The number of halogens is 1. The van der Waals surface area contributed by atoms with E-state index in [2.05, 4.69) is 15.3 Å². The molecule has 0 saturated carbocycles. The number of carbonyl (C=O) groups is 1. The second-order valence-corrected chi connectivity index (χ2v) is 7.87. The van der Waals surface area contributed by atoms with Crippen molar-refractivity contribution in [3.8, 4) is 0 Å². The third-order valence-electron chi connectivity index (χ3n) is 5.75. The Morgan fingerprint density at radius 3 is 2.67 bits per heavy atom. The minimum absolute atomic E-state index is 0.277. The van der Waals surface area contributed by atoms with Gasteiger partial charge in [-0.2, -0.15) is 0 Å². The van der Waals surface area contributed by atoms with E-state index in [1.54, 1.807) is 24.5 Å². The zero-order valence-electron chi connectivity index (χ0n) is 17.4. The molecule has 0 radical (unpaired) electrons. The van der Waals surface area contributed by atoms with Crippen LogP contribution in [0.25, 0.3) is 27.6 Å². The highest BCUT2D eigenvalue weighted by atomic mass is 19.1. The Balaban J connectivity index is 1.39. The Morgan fingerprint density at radius 1 is 0.939 bits per heavy atom. The average Bonchev–Trinajstić information content (AvgIpc) is 3.37. The van der Waals surface area contributed by atoms with E-state index in [1.165, 1.54) is 12.1 Å². The van der Waals surface area contributed by atoms with Crippen LogP contribution in [0, 0.1) is 5.82 Å². The lowest BCUT2D eigenvalue weighted by atomic mass is 10.2. The first-order chi connectivity index (χ1) is 16.2. The van der Waals surface area contributed by atoms with Gasteiger partial charge in [-0.05, 0) is 60.2 Å². The fourth-order valence-electron chi connectivity index (χ4n) is 4.21. The van der Waals surface area contributed by atoms with Gasteiger partial charge in [0.2, 0.25) is 0 Å². The van der Waals surface area contributed by atoms with Gasteiger partial charge in [-0.25, -0.2) is 9.37 Å². The highest BCUT2D eigenvalue weighted by Crippen LogP contribution is 2.24. The summed E-state index contributed by atoms with van der Waals surface area (Å²) in [5, 5.41) is 3.65. The molecule has 0 fully saturated rings. The summed E-state index contributed by atoms with van der Waals surface area (Å²) in [5.41, 5.74) is 5.49. The summed E-state index contributed by atoms with van der Waals surface area (Å²) in [6, 6.07) is 21.6. The average molecular weight is 435 g/mol. The fraction of sp³-hybridized carbons (Fsp3) is 0.0385. The standard InChI is InChI=1S/C26H18FN5O/c27-19-5-6-22-18(13-19)14-24(32(22)16-17-7-10-28-11-8-17)26(33)29-20-9-12-31-23-4-2-1-3-21(23)30-25(31)15-20/h1-15H,16H2,(H,29,33). The molecule has 0 bridgehead atoms. The van der Waals surface area contributed by atoms with Crippen molar-refractivity contribution in [2.75, 3.05) is 5.32 Å². The van der Waals surface area contributed by atoms with Crippen LogP contribution in [0.3, 0.4) is 0 Å². The van der Waals surface area contributed by atoms with Crippen molar-refractivity contribution in [3.05, 3.63) is 108 Å². The van der Waals surface area contributed by atoms with Crippen molar-refractivity contribution in [3.63, 3.8) is 0 Å². The van der Waals surface area contributed by atoms with Crippen molar-refractivity contribution < 1.29 is 9.18 Å². The Bertz CT molecular complexity index is 1650. The number of carbonyl (C=O) groups excluding carboxylic acids is 1. The molecule has 4 heterocycles. The van der Waals surface area contributed by atoms with E-state index in [4.69, 9.17) is 0 Å². The van der Waals surface area contributed by atoms with Gasteiger partial charge in [0.05, 0.1) is 11.0 Å². The predicted octanol–water partition coefficient (Wildman–Crippen LogP) is 5.28. The van der Waals surface area contributed by atoms with Crippen LogP contribution in [0.15, 0.2) is 91.4 Å². The van der Waals surface area contributed by atoms with Crippen LogP contribution in [0.5, 0.6) is 0 Å². The van der Waals surface area contributed by atoms with Crippen LogP contribution in [-0.4, -0.2) is 24.8 Å². The third kappa shape index (κ3) is 3.40. The summed E-state index contributed by atoms with van der Waals surface area (Å²) in [5.74, 6) is -0.617. The maximum Gasteiger partial charge on any atom is 0.272 e. The number of pyridine rings is 2. The van der Waals surface area contributed by atoms with E-state index in [9.17, 15) is 9.18 Å². The smallest absolute Gasteiger partial charge is 0.272 e. The van der Waals surface area contributed by atoms with Gasteiger partial charge in [0.15, 0.2) is 0 Å². The van der Waals surface area contributed by atoms with Crippen molar-refractivity contribution >= 4 is 39.2 Å². The number of aromatic nitrogens is 4. The molecule has 0 spiro atoms. The summed E-state index contributed by atoms with van der Waals surface area (Å²) >= 11 is 0. The number of nitrogens with one attached hydrogen (secondary N) is 1. The second-order valence-electron chi connectivity index (χ2n) is 7.87. The van der Waals surface area contributed by atoms with Crippen molar-refractivity contribution in [2.45, 2.75) is 6.54 Å². The van der Waals surface area contributed by atoms with Gasteiger partial charge >= 0.3 is 0 Å². The largest absolute Gasteiger partial charge is 0.332 e. The number of rotatable bonds is 4. The van der Waals surface area contributed by atoms with Crippen LogP contribution in [0.2, 0.25) is 0 Å². The molecule has 0 aliphatic heterocycles. The number of hydrogen-bond donors (Lipinski definition) is 1. The van der Waals surface area contributed by atoms with E-state index in [0.717, 1.165) is 27.8 Å². The molecule has 33 heavy (non-hydrogen) atoms. The number of benzene rings is 2. The zero-order chi connectivity index (χ0) is 22.4. The maximum atomic E-state index is 13.9. The molecule has 0 saturated heterocycles. The fourth-order valence-corrected chi connectivity index (χ4v) is 4.21. The van der Waals surface area contributed by atoms with E-state index < -0.39 is 0 Å². The Kier molecular flexibility index (Phi) is 4.40. The molecule has 1 amide bonds. The van der Waals surface area contributed by atoms with Crippen LogP contribution >= 0.6 is 0 Å². The number of para-hydroxylation sites is 2. The number of fused-ring (bicyclic) bond motifs is 4. The van der Waals surface area contributed by atoms with Gasteiger partial charge < -0.3 is 9.88 Å². The lowest BCUT2D eigenvalue weighted by Crippen LogP contribution is -2.17. The monoisotopic (exact) mass is 435 g/mol. The number of imidazole rings is 1. The molecule has 0 unspecified atom stereocenters. The molecule has 0 aliphatic rings. The first-order valence-electron chi connectivity index (χ1n) is 10.5. The van der Waals surface area contributed by atoms with Crippen LogP contribution in [0.4, 0.5) is 10.1 Å².